The molecule has 2 aliphatic heterocycles. The van der Waals surface area contributed by atoms with Crippen molar-refractivity contribution >= 4 is 0 Å². The van der Waals surface area contributed by atoms with Crippen molar-refractivity contribution in [1.29, 1.82) is 0 Å². The summed E-state index contributed by atoms with van der Waals surface area (Å²) in [5.74, 6) is 5.17. The van der Waals surface area contributed by atoms with Crippen LogP contribution in [0.5, 0.6) is 0 Å². The van der Waals surface area contributed by atoms with Gasteiger partial charge in [-0.05, 0) is 66.2 Å². The highest BCUT2D eigenvalue weighted by Crippen LogP contribution is 2.20. The topological polar surface area (TPSA) is 36.9 Å². The molecule has 4 heteroatoms. The molecule has 24 heavy (non-hydrogen) atoms. The molecule has 136 valence electrons. The second-order valence-corrected chi connectivity index (χ2v) is 7.14. The van der Waals surface area contributed by atoms with E-state index in [0.29, 0.717) is 0 Å². The van der Waals surface area contributed by atoms with E-state index < -0.39 is 11.2 Å². The minimum absolute atomic E-state index is 0.0928. The lowest BCUT2D eigenvalue weighted by molar-refractivity contribution is -0.199. The molecule has 0 aromatic rings. The molecule has 2 heterocycles. The van der Waals surface area contributed by atoms with Crippen molar-refractivity contribution in [2.45, 2.75) is 90.0 Å². The molecule has 2 unspecified atom stereocenters. The van der Waals surface area contributed by atoms with E-state index in [4.69, 9.17) is 31.8 Å². The normalized spacial score (nSPS) is 24.9. The average Bonchev–Trinajstić information content (AvgIpc) is 2.57. The summed E-state index contributed by atoms with van der Waals surface area (Å²) in [5, 5.41) is 0. The van der Waals surface area contributed by atoms with Crippen LogP contribution in [-0.2, 0) is 18.9 Å². The van der Waals surface area contributed by atoms with E-state index in [9.17, 15) is 0 Å². The molecule has 4 nitrogen and oxygen atoms in total. The second kappa shape index (κ2) is 10.1. The highest BCUT2D eigenvalue weighted by atomic mass is 16.7. The third-order valence-electron chi connectivity index (χ3n) is 3.82. The van der Waals surface area contributed by atoms with Gasteiger partial charge in [-0.1, -0.05) is 11.8 Å². The lowest BCUT2D eigenvalue weighted by Crippen LogP contribution is -2.32. The summed E-state index contributed by atoms with van der Waals surface area (Å²) in [5.41, 5.74) is -0.996. The lowest BCUT2D eigenvalue weighted by Gasteiger charge is -2.29. The fraction of sp³-hybridized carbons (Fsp3) is 0.800. The summed E-state index contributed by atoms with van der Waals surface area (Å²) in [4.78, 5) is 0. The van der Waals surface area contributed by atoms with E-state index in [1.807, 2.05) is 27.7 Å². The molecule has 2 rings (SSSR count). The van der Waals surface area contributed by atoms with E-state index in [1.165, 1.54) is 12.8 Å². The van der Waals surface area contributed by atoms with Crippen molar-refractivity contribution in [2.24, 2.45) is 0 Å². The van der Waals surface area contributed by atoms with Crippen molar-refractivity contribution in [3.63, 3.8) is 0 Å². The number of terminal acetylenes is 2. The second-order valence-electron chi connectivity index (χ2n) is 7.14. The molecule has 2 saturated heterocycles. The van der Waals surface area contributed by atoms with Gasteiger partial charge in [-0.25, -0.2) is 0 Å². The Hall–Kier alpha value is -1.04. The van der Waals surface area contributed by atoms with Gasteiger partial charge in [0.05, 0.1) is 0 Å². The summed E-state index contributed by atoms with van der Waals surface area (Å²) >= 11 is 0. The molecule has 0 aromatic heterocycles. The quantitative estimate of drug-likeness (QED) is 0.730. The number of ether oxygens (including phenoxy) is 4. The Labute approximate surface area is 147 Å². The van der Waals surface area contributed by atoms with Crippen LogP contribution in [0, 0.1) is 24.7 Å². The maximum Gasteiger partial charge on any atom is 0.159 e. The molecule has 0 spiro atoms. The van der Waals surface area contributed by atoms with E-state index in [0.717, 1.165) is 38.9 Å². The molecule has 2 fully saturated rings. The standard InChI is InChI=1S/2C10H16O2/c2*1-4-10(2,3)12-9-7-5-6-8-11-9/h2*1,9H,5-8H2,2-3H3. The maximum atomic E-state index is 5.57. The van der Waals surface area contributed by atoms with Crippen LogP contribution in [0.15, 0.2) is 0 Å². The first kappa shape index (κ1) is 21.0. The van der Waals surface area contributed by atoms with Crippen LogP contribution in [0.25, 0.3) is 0 Å². The molecular weight excluding hydrogens is 304 g/mol. The molecule has 0 N–H and O–H groups in total. The molecule has 0 bridgehead atoms. The molecule has 0 saturated carbocycles. The van der Waals surface area contributed by atoms with Crippen LogP contribution < -0.4 is 0 Å². The minimum atomic E-state index is -0.498. The third kappa shape index (κ3) is 8.71. The molecular formula is C20H32O4. The van der Waals surface area contributed by atoms with Gasteiger partial charge in [0.1, 0.15) is 11.2 Å². The highest BCUT2D eigenvalue weighted by Gasteiger charge is 2.24. The minimum Gasteiger partial charge on any atom is -0.353 e. The van der Waals surface area contributed by atoms with Crippen molar-refractivity contribution in [1.82, 2.24) is 0 Å². The first-order valence-electron chi connectivity index (χ1n) is 8.82. The average molecular weight is 336 g/mol. The largest absolute Gasteiger partial charge is 0.353 e. The van der Waals surface area contributed by atoms with Crippen molar-refractivity contribution in [2.75, 3.05) is 13.2 Å². The van der Waals surface area contributed by atoms with Crippen LogP contribution in [0.4, 0.5) is 0 Å². The number of rotatable bonds is 4. The molecule has 2 aliphatic rings. The predicted molar refractivity (Wildman–Crippen MR) is 95.2 cm³/mol. The Balaban J connectivity index is 0.000000240. The first-order chi connectivity index (χ1) is 11.3. The predicted octanol–water partition coefficient (Wildman–Crippen LogP) is 3.88. The molecule has 0 aliphatic carbocycles. The fourth-order valence-corrected chi connectivity index (χ4v) is 2.33. The highest BCUT2D eigenvalue weighted by molar-refractivity contribution is 5.03. The Bertz CT molecular complexity index is 388. The first-order valence-corrected chi connectivity index (χ1v) is 8.82. The number of hydrogen-bond acceptors (Lipinski definition) is 4. The molecule has 2 atom stereocenters. The zero-order valence-electron chi connectivity index (χ0n) is 15.6. The Morgan fingerprint density at radius 2 is 1.12 bits per heavy atom. The summed E-state index contributed by atoms with van der Waals surface area (Å²) in [7, 11) is 0. The molecule has 0 radical (unpaired) electrons. The van der Waals surface area contributed by atoms with Crippen molar-refractivity contribution in [3.8, 4) is 24.7 Å². The number of hydrogen-bond donors (Lipinski definition) is 0. The maximum absolute atomic E-state index is 5.57. The fourth-order valence-electron chi connectivity index (χ4n) is 2.33. The van der Waals surface area contributed by atoms with Gasteiger partial charge < -0.3 is 18.9 Å². The summed E-state index contributed by atoms with van der Waals surface area (Å²) in [6, 6.07) is 0. The Morgan fingerprint density at radius 1 is 0.750 bits per heavy atom. The van der Waals surface area contributed by atoms with Gasteiger partial charge in [-0.3, -0.25) is 0 Å². The van der Waals surface area contributed by atoms with Gasteiger partial charge >= 0.3 is 0 Å². The van der Waals surface area contributed by atoms with Crippen molar-refractivity contribution < 1.29 is 18.9 Å². The van der Waals surface area contributed by atoms with Crippen LogP contribution in [-0.4, -0.2) is 37.0 Å². The molecule has 0 amide bonds. The van der Waals surface area contributed by atoms with Gasteiger partial charge in [0.15, 0.2) is 12.6 Å². The van der Waals surface area contributed by atoms with Crippen LogP contribution in [0.3, 0.4) is 0 Å². The van der Waals surface area contributed by atoms with Crippen LogP contribution in [0.2, 0.25) is 0 Å². The summed E-state index contributed by atoms with van der Waals surface area (Å²) in [6.07, 6.45) is 16.9. The van der Waals surface area contributed by atoms with Gasteiger partial charge in [-0.2, -0.15) is 0 Å². The van der Waals surface area contributed by atoms with Gasteiger partial charge in [-0.15, -0.1) is 12.8 Å². The smallest absolute Gasteiger partial charge is 0.159 e. The Morgan fingerprint density at radius 3 is 1.38 bits per heavy atom. The Kier molecular flexibility index (Phi) is 8.81. The van der Waals surface area contributed by atoms with Gasteiger partial charge in [0.2, 0.25) is 0 Å². The summed E-state index contributed by atoms with van der Waals surface area (Å²) in [6.45, 7) is 9.11. The van der Waals surface area contributed by atoms with E-state index >= 15 is 0 Å². The van der Waals surface area contributed by atoms with Crippen molar-refractivity contribution in [3.05, 3.63) is 0 Å². The zero-order chi connectivity index (χ0) is 18.1. The van der Waals surface area contributed by atoms with Crippen LogP contribution in [0.1, 0.15) is 66.2 Å². The lowest BCUT2D eigenvalue weighted by atomic mass is 10.1. The third-order valence-corrected chi connectivity index (χ3v) is 3.82. The SMILES string of the molecule is C#CC(C)(C)OC1CCCCO1.C#CC(C)(C)OC1CCCCO1. The van der Waals surface area contributed by atoms with Gasteiger partial charge in [0, 0.05) is 13.2 Å². The zero-order valence-corrected chi connectivity index (χ0v) is 15.6. The summed E-state index contributed by atoms with van der Waals surface area (Å²) < 4.78 is 21.9. The van der Waals surface area contributed by atoms with Gasteiger partial charge in [0.25, 0.3) is 0 Å². The molecule has 0 aromatic carbocycles. The van der Waals surface area contributed by atoms with E-state index in [2.05, 4.69) is 11.8 Å². The monoisotopic (exact) mass is 336 g/mol. The van der Waals surface area contributed by atoms with E-state index in [1.54, 1.807) is 0 Å². The van der Waals surface area contributed by atoms with Crippen LogP contribution >= 0.6 is 0 Å². The van der Waals surface area contributed by atoms with E-state index in [-0.39, 0.29) is 12.6 Å².